The molecule has 208 valence electrons. The number of aromatic nitrogens is 2. The van der Waals surface area contributed by atoms with E-state index >= 15 is 0 Å². The lowest BCUT2D eigenvalue weighted by Gasteiger charge is -2.30. The first-order valence-electron chi connectivity index (χ1n) is 12.0. The molecule has 2 aromatic carbocycles. The number of fused-ring (bicyclic) bond motifs is 1. The number of carbonyl (C=O) groups is 1. The summed E-state index contributed by atoms with van der Waals surface area (Å²) in [6, 6.07) is 11.9. The van der Waals surface area contributed by atoms with Crippen LogP contribution in [0.3, 0.4) is 0 Å². The van der Waals surface area contributed by atoms with Crippen LogP contribution < -0.4 is 30.5 Å². The summed E-state index contributed by atoms with van der Waals surface area (Å²) in [6.07, 6.45) is -5.62. The molecule has 13 heteroatoms. The second-order valence-corrected chi connectivity index (χ2v) is 9.38. The minimum absolute atomic E-state index is 0.0172. The molecule has 3 aromatic rings. The van der Waals surface area contributed by atoms with Crippen molar-refractivity contribution in [3.8, 4) is 11.5 Å². The van der Waals surface area contributed by atoms with Gasteiger partial charge in [-0.05, 0) is 29.8 Å². The fourth-order valence-corrected chi connectivity index (χ4v) is 4.51. The second-order valence-electron chi connectivity index (χ2n) is 8.94. The minimum atomic E-state index is -4.89. The van der Waals surface area contributed by atoms with E-state index in [-0.39, 0.29) is 49.0 Å². The van der Waals surface area contributed by atoms with E-state index in [4.69, 9.17) is 16.3 Å². The zero-order valence-corrected chi connectivity index (χ0v) is 22.1. The monoisotopic (exact) mass is 566 g/mol. The molecule has 2 heterocycles. The molecule has 0 saturated carbocycles. The molecule has 1 aliphatic rings. The molecule has 0 fully saturated rings. The van der Waals surface area contributed by atoms with E-state index in [0.717, 1.165) is 22.3 Å². The third-order valence-electron chi connectivity index (χ3n) is 6.27. The lowest BCUT2D eigenvalue weighted by Crippen LogP contribution is -2.46. The molecule has 1 aromatic heterocycles. The highest BCUT2D eigenvalue weighted by Gasteiger charge is 2.41. The van der Waals surface area contributed by atoms with Gasteiger partial charge in [0.1, 0.15) is 28.8 Å². The Balaban J connectivity index is 1.79. The molecule has 0 aliphatic carbocycles. The molecule has 0 amide bonds. The number of anilines is 2. The highest BCUT2D eigenvalue weighted by Crippen LogP contribution is 2.37. The van der Waals surface area contributed by atoms with Crippen molar-refractivity contribution in [2.45, 2.75) is 45.6 Å². The molecule has 1 unspecified atom stereocenters. The number of Topliss-reactive ketones (excluding diaryl/α,β-unsaturated/α-hetero) is 1. The molecule has 1 atom stereocenters. The van der Waals surface area contributed by atoms with Crippen LogP contribution >= 0.6 is 11.6 Å². The van der Waals surface area contributed by atoms with Crippen LogP contribution in [-0.2, 0) is 24.9 Å². The summed E-state index contributed by atoms with van der Waals surface area (Å²) < 4.78 is 50.7. The Morgan fingerprint density at radius 3 is 2.36 bits per heavy atom. The predicted molar refractivity (Wildman–Crippen MR) is 139 cm³/mol. The third kappa shape index (κ3) is 6.06. The Bertz CT molecular complexity index is 1490. The number of halogens is 4. The van der Waals surface area contributed by atoms with E-state index < -0.39 is 29.7 Å². The average Bonchev–Trinajstić information content (AvgIpc) is 3.14. The van der Waals surface area contributed by atoms with Crippen LogP contribution in [0.5, 0.6) is 11.5 Å². The quantitative estimate of drug-likeness (QED) is 0.382. The Morgan fingerprint density at radius 1 is 1.05 bits per heavy atom. The number of alkyl halides is 3. The average molecular weight is 567 g/mol. The number of nitrogens with zero attached hydrogens (tertiary/aromatic N) is 4. The summed E-state index contributed by atoms with van der Waals surface area (Å²) in [6.45, 7) is 1.75. The zero-order valence-electron chi connectivity index (χ0n) is 21.4. The second kappa shape index (κ2) is 11.0. The van der Waals surface area contributed by atoms with Crippen LogP contribution in [0.15, 0.2) is 58.1 Å². The van der Waals surface area contributed by atoms with Crippen LogP contribution in [-0.4, -0.2) is 34.7 Å². The van der Waals surface area contributed by atoms with Crippen molar-refractivity contribution < 1.29 is 27.4 Å². The molecule has 39 heavy (non-hydrogen) atoms. The molecule has 0 bridgehead atoms. The van der Waals surface area contributed by atoms with Crippen LogP contribution in [0.1, 0.15) is 25.3 Å². The van der Waals surface area contributed by atoms with Crippen LogP contribution in [0, 0.1) is 0 Å². The lowest BCUT2D eigenvalue weighted by atomic mass is 10.2. The van der Waals surface area contributed by atoms with Gasteiger partial charge in [-0.25, -0.2) is 4.79 Å². The predicted octanol–water partition coefficient (Wildman–Crippen LogP) is 4.29. The molecular weight excluding hydrogens is 541 g/mol. The number of ether oxygens (including phenoxy) is 2. The first kappa shape index (κ1) is 28.1. The highest BCUT2D eigenvalue weighted by atomic mass is 35.5. The van der Waals surface area contributed by atoms with Crippen molar-refractivity contribution in [3.63, 3.8) is 0 Å². The van der Waals surface area contributed by atoms with Gasteiger partial charge in [-0.3, -0.25) is 18.7 Å². The van der Waals surface area contributed by atoms with E-state index in [1.807, 2.05) is 0 Å². The summed E-state index contributed by atoms with van der Waals surface area (Å²) in [4.78, 5) is 41.9. The largest absolute Gasteiger partial charge is 0.573 e. The number of ketones is 1. The molecule has 0 N–H and O–H groups in total. The number of benzene rings is 2. The Labute approximate surface area is 226 Å². The maximum Gasteiger partial charge on any atom is 0.573 e. The summed E-state index contributed by atoms with van der Waals surface area (Å²) in [7, 11) is 3.10. The van der Waals surface area contributed by atoms with Crippen molar-refractivity contribution in [2.24, 2.45) is 7.05 Å². The van der Waals surface area contributed by atoms with Gasteiger partial charge in [0.2, 0.25) is 0 Å². The number of hydrogen-bond acceptors (Lipinski definition) is 7. The molecule has 4 rings (SSSR count). The van der Waals surface area contributed by atoms with Gasteiger partial charge in [0, 0.05) is 51.1 Å². The summed E-state index contributed by atoms with van der Waals surface area (Å²) >= 11 is 6.03. The number of carbonyl (C=O) groups excluding carboxylic acids is 1. The van der Waals surface area contributed by atoms with Gasteiger partial charge < -0.3 is 19.3 Å². The fourth-order valence-electron chi connectivity index (χ4n) is 4.38. The maximum atomic E-state index is 13.7. The van der Waals surface area contributed by atoms with Gasteiger partial charge in [0.05, 0.1) is 0 Å². The highest BCUT2D eigenvalue weighted by molar-refractivity contribution is 6.30. The smallest absolute Gasteiger partial charge is 0.452 e. The van der Waals surface area contributed by atoms with Gasteiger partial charge >= 0.3 is 12.1 Å². The number of rotatable bonds is 9. The van der Waals surface area contributed by atoms with Crippen LogP contribution in [0.4, 0.5) is 24.7 Å². The van der Waals surface area contributed by atoms with E-state index in [1.54, 1.807) is 48.0 Å². The van der Waals surface area contributed by atoms with Crippen molar-refractivity contribution >= 4 is 28.9 Å². The van der Waals surface area contributed by atoms with Crippen molar-refractivity contribution in [1.29, 1.82) is 0 Å². The minimum Gasteiger partial charge on any atom is -0.452 e. The Hall–Kier alpha value is -3.93. The third-order valence-corrected chi connectivity index (χ3v) is 6.52. The summed E-state index contributed by atoms with van der Waals surface area (Å²) in [5, 5.41) is 0.511. The lowest BCUT2D eigenvalue weighted by molar-refractivity contribution is -0.274. The Kier molecular flexibility index (Phi) is 7.96. The van der Waals surface area contributed by atoms with E-state index in [9.17, 15) is 27.6 Å². The SMILES string of the molecule is CCC(=O)CCn1c(=O)c2c(n(C)c1=O)N(C)C(Oc1cccc(OC(F)(F)F)c1)N2Cc1ccc(Cl)cc1. The molecule has 0 radical (unpaired) electrons. The van der Waals surface area contributed by atoms with Gasteiger partial charge in [-0.1, -0.05) is 36.7 Å². The maximum absolute atomic E-state index is 13.7. The van der Waals surface area contributed by atoms with Crippen LogP contribution in [0.25, 0.3) is 0 Å². The molecule has 1 aliphatic heterocycles. The van der Waals surface area contributed by atoms with Crippen LogP contribution in [0.2, 0.25) is 5.02 Å². The fraction of sp³-hybridized carbons (Fsp3) is 0.346. The topological polar surface area (TPSA) is 86.0 Å². The first-order valence-corrected chi connectivity index (χ1v) is 12.4. The first-order chi connectivity index (χ1) is 18.4. The van der Waals surface area contributed by atoms with Crippen molar-refractivity contribution in [3.05, 3.63) is 80.0 Å². The zero-order chi connectivity index (χ0) is 28.5. The van der Waals surface area contributed by atoms with Gasteiger partial charge in [-0.2, -0.15) is 0 Å². The standard InChI is InChI=1S/C26H26ClF3N4O5/c1-4-18(35)12-13-33-23(36)21-22(31(2)24(33)37)32(3)25(34(21)15-16-8-10-17(27)11-9-16)38-19-6-5-7-20(14-19)39-26(28,29)30/h5-11,14,25H,4,12-13,15H2,1-3H3. The van der Waals surface area contributed by atoms with Gasteiger partial charge in [-0.15, -0.1) is 13.2 Å². The Morgan fingerprint density at radius 2 is 1.72 bits per heavy atom. The van der Waals surface area contributed by atoms with E-state index in [0.29, 0.717) is 5.02 Å². The normalized spacial score (nSPS) is 14.9. The van der Waals surface area contributed by atoms with E-state index in [2.05, 4.69) is 4.74 Å². The molecular formula is C26H26ClF3N4O5. The van der Waals surface area contributed by atoms with Gasteiger partial charge in [0.25, 0.3) is 11.9 Å². The molecule has 9 nitrogen and oxygen atoms in total. The van der Waals surface area contributed by atoms with Crippen molar-refractivity contribution in [1.82, 2.24) is 9.13 Å². The summed E-state index contributed by atoms with van der Waals surface area (Å²) in [5.74, 6) is -0.273. The molecule has 0 saturated heterocycles. The van der Waals surface area contributed by atoms with Crippen molar-refractivity contribution in [2.75, 3.05) is 16.8 Å². The molecule has 0 spiro atoms. The van der Waals surface area contributed by atoms with E-state index in [1.165, 1.54) is 23.7 Å². The summed E-state index contributed by atoms with van der Waals surface area (Å²) in [5.41, 5.74) is -0.323. The number of hydrogen-bond donors (Lipinski definition) is 0. The van der Waals surface area contributed by atoms with Gasteiger partial charge in [0.15, 0.2) is 0 Å².